The first-order valence-corrected chi connectivity index (χ1v) is 13.5. The van der Waals surface area contributed by atoms with E-state index < -0.39 is 5.97 Å². The maximum absolute atomic E-state index is 13.9. The van der Waals surface area contributed by atoms with E-state index >= 15 is 0 Å². The fourth-order valence-corrected chi connectivity index (χ4v) is 5.02. The first-order chi connectivity index (χ1) is 19.4. The van der Waals surface area contributed by atoms with E-state index in [1.165, 1.54) is 22.9 Å². The Labute approximate surface area is 245 Å². The van der Waals surface area contributed by atoms with Crippen LogP contribution in [0.2, 0.25) is 0 Å². The van der Waals surface area contributed by atoms with Gasteiger partial charge in [-0.25, -0.2) is 4.39 Å². The molecule has 1 N–H and O–H groups in total. The van der Waals surface area contributed by atoms with E-state index in [1.54, 1.807) is 12.1 Å². The third kappa shape index (κ3) is 8.16. The van der Waals surface area contributed by atoms with Gasteiger partial charge >= 0.3 is 5.97 Å². The van der Waals surface area contributed by atoms with Crippen LogP contribution >= 0.6 is 12.4 Å². The fourth-order valence-electron chi connectivity index (χ4n) is 5.02. The number of halogens is 2. The van der Waals surface area contributed by atoms with E-state index in [2.05, 4.69) is 29.2 Å². The molecule has 216 valence electrons. The van der Waals surface area contributed by atoms with Crippen molar-refractivity contribution in [2.75, 3.05) is 6.54 Å². The number of hydrogen-bond acceptors (Lipinski definition) is 5. The van der Waals surface area contributed by atoms with Crippen molar-refractivity contribution in [1.29, 1.82) is 0 Å². The summed E-state index contributed by atoms with van der Waals surface area (Å²) in [6, 6.07) is 22.7. The van der Waals surface area contributed by atoms with E-state index in [9.17, 15) is 9.18 Å². The third-order valence-corrected chi connectivity index (χ3v) is 7.24. The minimum Gasteiger partial charge on any atom is -0.489 e. The summed E-state index contributed by atoms with van der Waals surface area (Å²) in [6.07, 6.45) is 1.56. The zero-order valence-corrected chi connectivity index (χ0v) is 23.9. The molecule has 1 aliphatic rings. The van der Waals surface area contributed by atoms with Gasteiger partial charge in [0.2, 0.25) is 0 Å². The second-order valence-corrected chi connectivity index (χ2v) is 10.2. The van der Waals surface area contributed by atoms with Crippen LogP contribution in [0.4, 0.5) is 4.39 Å². The van der Waals surface area contributed by atoms with Crippen LogP contribution in [0.15, 0.2) is 72.8 Å². The van der Waals surface area contributed by atoms with Gasteiger partial charge in [-0.05, 0) is 41.3 Å². The molecular weight excluding hydrogens is 545 g/mol. The minimum atomic E-state index is -0.793. The van der Waals surface area contributed by atoms with Gasteiger partial charge in [0.05, 0.1) is 18.9 Å². The van der Waals surface area contributed by atoms with Crippen LogP contribution in [-0.4, -0.2) is 32.3 Å². The maximum atomic E-state index is 13.9. The molecule has 0 bridgehead atoms. The van der Waals surface area contributed by atoms with Gasteiger partial charge in [0.15, 0.2) is 0 Å². The SMILES string of the molecule is Cl.Cn1nc(COCc2ccccc2F)c2c1CCN(Cc1ccc(COc3ccc(CCC(=O)O)cc3)cc1)C2. The summed E-state index contributed by atoms with van der Waals surface area (Å²) in [7, 11) is 1.98. The Kier molecular flexibility index (Phi) is 10.5. The number of aromatic nitrogens is 2. The van der Waals surface area contributed by atoms with Crippen molar-refractivity contribution >= 4 is 18.4 Å². The van der Waals surface area contributed by atoms with Crippen LogP contribution in [0.3, 0.4) is 0 Å². The number of nitrogens with zero attached hydrogens (tertiary/aromatic N) is 3. The van der Waals surface area contributed by atoms with Gasteiger partial charge in [0.1, 0.15) is 18.2 Å². The molecule has 1 aromatic heterocycles. The molecule has 3 aromatic carbocycles. The largest absolute Gasteiger partial charge is 0.489 e. The lowest BCUT2D eigenvalue weighted by atomic mass is 10.0. The van der Waals surface area contributed by atoms with E-state index in [1.807, 2.05) is 42.1 Å². The summed E-state index contributed by atoms with van der Waals surface area (Å²) in [6.45, 7) is 3.63. The molecule has 1 aliphatic heterocycles. The number of benzene rings is 3. The first-order valence-electron chi connectivity index (χ1n) is 13.5. The Morgan fingerprint density at radius 3 is 2.39 bits per heavy atom. The molecule has 7 nitrogen and oxygen atoms in total. The Balaban J connectivity index is 0.00000387. The van der Waals surface area contributed by atoms with Gasteiger partial charge in [-0.2, -0.15) is 5.10 Å². The molecule has 2 heterocycles. The molecule has 0 atom stereocenters. The summed E-state index contributed by atoms with van der Waals surface area (Å²) in [5.41, 5.74) is 7.22. The summed E-state index contributed by atoms with van der Waals surface area (Å²) in [5.74, 6) is -0.283. The number of ether oxygens (including phenoxy) is 2. The van der Waals surface area contributed by atoms with Crippen LogP contribution in [0.1, 0.15) is 45.6 Å². The summed E-state index contributed by atoms with van der Waals surface area (Å²) in [4.78, 5) is 13.2. The van der Waals surface area contributed by atoms with Gasteiger partial charge in [-0.1, -0.05) is 54.6 Å². The van der Waals surface area contributed by atoms with Gasteiger partial charge in [0.25, 0.3) is 0 Å². The van der Waals surface area contributed by atoms with Gasteiger partial charge < -0.3 is 14.6 Å². The first kappa shape index (κ1) is 30.2. The number of carboxylic acids is 1. The van der Waals surface area contributed by atoms with E-state index in [0.29, 0.717) is 25.2 Å². The molecule has 0 saturated heterocycles. The molecule has 9 heteroatoms. The molecule has 0 aliphatic carbocycles. The standard InChI is InChI=1S/C32H34FN3O4.ClH/c1-35-31-16-17-36(19-28(31)30(34-35)22-39-21-26-4-2-3-5-29(26)33)18-24-6-8-25(9-7-24)20-40-27-13-10-23(11-14-27)12-15-32(37)38;/h2-11,13-14H,12,15-22H2,1H3,(H,37,38);1H. The summed E-state index contributed by atoms with van der Waals surface area (Å²) in [5, 5.41) is 13.5. The Bertz CT molecular complexity index is 1440. The molecule has 0 radical (unpaired) electrons. The predicted molar refractivity (Wildman–Crippen MR) is 156 cm³/mol. The average Bonchev–Trinajstić information content (AvgIpc) is 3.27. The van der Waals surface area contributed by atoms with Gasteiger partial charge in [-0.3, -0.25) is 14.4 Å². The van der Waals surface area contributed by atoms with Crippen molar-refractivity contribution in [3.63, 3.8) is 0 Å². The zero-order valence-electron chi connectivity index (χ0n) is 23.1. The average molecular weight is 580 g/mol. The molecule has 0 fully saturated rings. The second kappa shape index (κ2) is 14.3. The van der Waals surface area contributed by atoms with E-state index in [0.717, 1.165) is 48.6 Å². The van der Waals surface area contributed by atoms with Crippen molar-refractivity contribution in [1.82, 2.24) is 14.7 Å². The highest BCUT2D eigenvalue weighted by molar-refractivity contribution is 5.85. The number of carbonyl (C=O) groups is 1. The lowest BCUT2D eigenvalue weighted by molar-refractivity contribution is -0.136. The van der Waals surface area contributed by atoms with Crippen molar-refractivity contribution in [3.8, 4) is 5.75 Å². The number of fused-ring (bicyclic) bond motifs is 1. The number of aliphatic carboxylic acids is 1. The molecule has 0 saturated carbocycles. The van der Waals surface area contributed by atoms with Gasteiger partial charge in [-0.15, -0.1) is 12.4 Å². The highest BCUT2D eigenvalue weighted by Gasteiger charge is 2.24. The summed E-state index contributed by atoms with van der Waals surface area (Å²) >= 11 is 0. The van der Waals surface area contributed by atoms with Gasteiger partial charge in [0, 0.05) is 56.3 Å². The monoisotopic (exact) mass is 579 g/mol. The lowest BCUT2D eigenvalue weighted by Gasteiger charge is -2.27. The smallest absolute Gasteiger partial charge is 0.303 e. The normalized spacial score (nSPS) is 12.9. The van der Waals surface area contributed by atoms with Crippen LogP contribution in [0.25, 0.3) is 0 Å². The number of hydrogen-bond donors (Lipinski definition) is 1. The number of aryl methyl sites for hydroxylation is 2. The maximum Gasteiger partial charge on any atom is 0.303 e. The molecule has 5 rings (SSSR count). The van der Waals surface area contributed by atoms with Crippen molar-refractivity contribution in [3.05, 3.63) is 118 Å². The molecule has 41 heavy (non-hydrogen) atoms. The molecule has 0 unspecified atom stereocenters. The van der Waals surface area contributed by atoms with Crippen molar-refractivity contribution in [2.24, 2.45) is 7.05 Å². The van der Waals surface area contributed by atoms with Crippen molar-refractivity contribution in [2.45, 2.75) is 52.2 Å². The lowest BCUT2D eigenvalue weighted by Crippen LogP contribution is -2.30. The second-order valence-electron chi connectivity index (χ2n) is 10.2. The molecule has 0 spiro atoms. The predicted octanol–water partition coefficient (Wildman–Crippen LogP) is 5.85. The highest BCUT2D eigenvalue weighted by Crippen LogP contribution is 2.25. The Morgan fingerprint density at radius 2 is 1.66 bits per heavy atom. The zero-order chi connectivity index (χ0) is 27.9. The van der Waals surface area contributed by atoms with Crippen LogP contribution < -0.4 is 4.74 Å². The summed E-state index contributed by atoms with van der Waals surface area (Å²) < 4.78 is 27.6. The molecule has 0 amide bonds. The third-order valence-electron chi connectivity index (χ3n) is 7.24. The highest BCUT2D eigenvalue weighted by atomic mass is 35.5. The molecular formula is C32H35ClFN3O4. The fraction of sp³-hybridized carbons (Fsp3) is 0.312. The van der Waals surface area contributed by atoms with E-state index in [-0.39, 0.29) is 31.3 Å². The Hall–Kier alpha value is -3.72. The quantitative estimate of drug-likeness (QED) is 0.227. The van der Waals surface area contributed by atoms with E-state index in [4.69, 9.17) is 19.7 Å². The minimum absolute atomic E-state index is 0. The van der Waals surface area contributed by atoms with Crippen LogP contribution in [-0.2, 0) is 62.3 Å². The van der Waals surface area contributed by atoms with Crippen molar-refractivity contribution < 1.29 is 23.8 Å². The topological polar surface area (TPSA) is 76.8 Å². The Morgan fingerprint density at radius 1 is 0.951 bits per heavy atom. The van der Waals surface area contributed by atoms with Crippen LogP contribution in [0, 0.1) is 5.82 Å². The number of rotatable bonds is 12. The molecule has 4 aromatic rings. The number of carboxylic acid groups (broad SMARTS) is 1. The van der Waals surface area contributed by atoms with Crippen LogP contribution in [0.5, 0.6) is 5.75 Å².